The van der Waals surface area contributed by atoms with Crippen LogP contribution in [0.25, 0.3) is 0 Å². The molecule has 24 heavy (non-hydrogen) atoms. The molecule has 0 unspecified atom stereocenters. The number of fused-ring (bicyclic) bond motifs is 4. The topological polar surface area (TPSA) is 18.5 Å². The number of ether oxygens (including phenoxy) is 2. The van der Waals surface area contributed by atoms with E-state index < -0.39 is 0 Å². The Labute approximate surface area is 148 Å². The molecule has 4 aliphatic carbocycles. The fourth-order valence-electron chi connectivity index (χ4n) is 7.39. The van der Waals surface area contributed by atoms with Gasteiger partial charge >= 0.3 is 0 Å². The minimum atomic E-state index is -0.343. The Morgan fingerprint density at radius 3 is 2.42 bits per heavy atom. The van der Waals surface area contributed by atoms with E-state index in [2.05, 4.69) is 20.8 Å². The van der Waals surface area contributed by atoms with Gasteiger partial charge in [0.1, 0.15) is 0 Å². The van der Waals surface area contributed by atoms with Crippen molar-refractivity contribution < 1.29 is 9.47 Å². The van der Waals surface area contributed by atoms with Crippen LogP contribution in [-0.2, 0) is 9.47 Å². The highest BCUT2D eigenvalue weighted by atomic mass is 16.7. The lowest BCUT2D eigenvalue weighted by molar-refractivity contribution is -0.213. The van der Waals surface area contributed by atoms with Gasteiger partial charge in [0.2, 0.25) is 0 Å². The number of rotatable bonds is 2. The van der Waals surface area contributed by atoms with E-state index in [1.807, 2.05) is 19.8 Å². The van der Waals surface area contributed by atoms with Crippen molar-refractivity contribution in [2.24, 2.45) is 28.6 Å². The molecule has 0 aliphatic heterocycles. The normalized spacial score (nSPS) is 43.1. The molecule has 0 saturated heterocycles. The van der Waals surface area contributed by atoms with E-state index in [0.29, 0.717) is 10.8 Å². The summed E-state index contributed by atoms with van der Waals surface area (Å²) in [6.07, 6.45) is 11.7. The lowest BCUT2D eigenvalue weighted by atomic mass is 9.54. The predicted molar refractivity (Wildman–Crippen MR) is 97.7 cm³/mol. The summed E-state index contributed by atoms with van der Waals surface area (Å²) in [6.45, 7) is 7.62. The molecule has 4 rings (SSSR count). The van der Waals surface area contributed by atoms with Gasteiger partial charge in [-0.25, -0.2) is 0 Å². The molecule has 0 heterocycles. The first kappa shape index (κ1) is 17.1. The largest absolute Gasteiger partial charge is 0.353 e. The van der Waals surface area contributed by atoms with Crippen molar-refractivity contribution in [1.82, 2.24) is 0 Å². The Balaban J connectivity index is 1.60. The summed E-state index contributed by atoms with van der Waals surface area (Å²) in [7, 11) is 3.63. The molecule has 2 heteroatoms. The molecule has 4 aliphatic rings. The number of allylic oxidation sites excluding steroid dienone is 1. The molecule has 2 saturated carbocycles. The Hall–Kier alpha value is -0.340. The van der Waals surface area contributed by atoms with Gasteiger partial charge in [0, 0.05) is 27.1 Å². The first-order valence-corrected chi connectivity index (χ1v) is 10.1. The van der Waals surface area contributed by atoms with Crippen molar-refractivity contribution in [3.05, 3.63) is 11.1 Å². The summed E-state index contributed by atoms with van der Waals surface area (Å²) >= 11 is 0. The fraction of sp³-hybridized carbons (Fsp3) is 0.909. The highest BCUT2D eigenvalue weighted by Crippen LogP contribution is 2.65. The summed E-state index contributed by atoms with van der Waals surface area (Å²) in [6, 6.07) is 0. The quantitative estimate of drug-likeness (QED) is 0.476. The van der Waals surface area contributed by atoms with Crippen LogP contribution in [0, 0.1) is 28.6 Å². The lowest BCUT2D eigenvalue weighted by Gasteiger charge is -2.52. The highest BCUT2D eigenvalue weighted by Gasteiger charge is 2.56. The molecule has 0 aromatic heterocycles. The summed E-state index contributed by atoms with van der Waals surface area (Å²) in [5.74, 6) is 2.43. The molecule has 0 aromatic carbocycles. The standard InChI is InChI=1S/C22H36O2/c1-20(2)13-19-18-7-6-15-12-22(23-4,24-5)11-9-16(15)17(18)8-10-21(19,3)14-20/h17-19H,6-14H2,1-5H3/t17-,18-,19+,21-/m1/s1. The SMILES string of the molecule is COC1(OC)CCC2=C(CC[C@@H]3[C@@H]2CC[C@]2(C)CC(C)(C)C[C@@H]32)C1. The Morgan fingerprint density at radius 2 is 1.71 bits per heavy atom. The molecule has 0 radical (unpaired) electrons. The molecule has 2 fully saturated rings. The zero-order chi connectivity index (χ0) is 17.2. The average Bonchev–Trinajstić information content (AvgIpc) is 2.82. The smallest absolute Gasteiger partial charge is 0.171 e. The van der Waals surface area contributed by atoms with E-state index in [0.717, 1.165) is 30.6 Å². The number of methoxy groups -OCH3 is 2. The summed E-state index contributed by atoms with van der Waals surface area (Å²) < 4.78 is 11.5. The first-order chi connectivity index (χ1) is 11.3. The third kappa shape index (κ3) is 2.51. The molecule has 0 bridgehead atoms. The molecule has 0 aromatic rings. The summed E-state index contributed by atoms with van der Waals surface area (Å²) in [5.41, 5.74) is 4.67. The highest BCUT2D eigenvalue weighted by molar-refractivity contribution is 5.28. The van der Waals surface area contributed by atoms with Gasteiger partial charge in [0.05, 0.1) is 0 Å². The van der Waals surface area contributed by atoms with Crippen LogP contribution in [0.2, 0.25) is 0 Å². The van der Waals surface area contributed by atoms with Crippen molar-refractivity contribution >= 4 is 0 Å². The Kier molecular flexibility index (Phi) is 3.97. The predicted octanol–water partition coefficient (Wildman–Crippen LogP) is 5.72. The van der Waals surface area contributed by atoms with E-state index in [9.17, 15) is 0 Å². The van der Waals surface area contributed by atoms with Crippen molar-refractivity contribution in [2.75, 3.05) is 14.2 Å². The van der Waals surface area contributed by atoms with Crippen LogP contribution in [-0.4, -0.2) is 20.0 Å². The van der Waals surface area contributed by atoms with Crippen molar-refractivity contribution in [3.63, 3.8) is 0 Å². The average molecular weight is 333 g/mol. The van der Waals surface area contributed by atoms with Crippen LogP contribution in [0.5, 0.6) is 0 Å². The van der Waals surface area contributed by atoms with E-state index in [1.165, 1.54) is 44.9 Å². The molecular weight excluding hydrogens is 296 g/mol. The monoisotopic (exact) mass is 332 g/mol. The van der Waals surface area contributed by atoms with Gasteiger partial charge in [0.15, 0.2) is 5.79 Å². The van der Waals surface area contributed by atoms with E-state index in [4.69, 9.17) is 9.47 Å². The Morgan fingerprint density at radius 1 is 0.958 bits per heavy atom. The minimum absolute atomic E-state index is 0.343. The van der Waals surface area contributed by atoms with Crippen LogP contribution in [0.1, 0.15) is 78.6 Å². The zero-order valence-corrected chi connectivity index (χ0v) is 16.4. The molecule has 0 spiro atoms. The van der Waals surface area contributed by atoms with Crippen molar-refractivity contribution in [2.45, 2.75) is 84.3 Å². The third-order valence-corrected chi connectivity index (χ3v) is 8.29. The van der Waals surface area contributed by atoms with Crippen LogP contribution in [0.3, 0.4) is 0 Å². The first-order valence-electron chi connectivity index (χ1n) is 10.1. The Bertz CT molecular complexity index is 542. The number of hydrogen-bond donors (Lipinski definition) is 0. The molecular formula is C22H36O2. The zero-order valence-electron chi connectivity index (χ0n) is 16.4. The second-order valence-electron chi connectivity index (χ2n) is 10.3. The molecule has 2 nitrogen and oxygen atoms in total. The van der Waals surface area contributed by atoms with Crippen molar-refractivity contribution in [1.29, 1.82) is 0 Å². The van der Waals surface area contributed by atoms with Gasteiger partial charge in [-0.1, -0.05) is 31.9 Å². The van der Waals surface area contributed by atoms with E-state index in [-0.39, 0.29) is 5.79 Å². The van der Waals surface area contributed by atoms with Crippen LogP contribution in [0.4, 0.5) is 0 Å². The van der Waals surface area contributed by atoms with Crippen LogP contribution >= 0.6 is 0 Å². The molecule has 0 N–H and O–H groups in total. The van der Waals surface area contributed by atoms with Gasteiger partial charge in [-0.05, 0) is 73.5 Å². The van der Waals surface area contributed by atoms with Crippen molar-refractivity contribution in [3.8, 4) is 0 Å². The molecule has 136 valence electrons. The molecule has 0 amide bonds. The minimum Gasteiger partial charge on any atom is -0.353 e. The van der Waals surface area contributed by atoms with Gasteiger partial charge in [-0.15, -0.1) is 0 Å². The molecule has 4 atom stereocenters. The van der Waals surface area contributed by atoms with Gasteiger partial charge < -0.3 is 9.47 Å². The maximum atomic E-state index is 5.77. The maximum absolute atomic E-state index is 5.77. The summed E-state index contributed by atoms with van der Waals surface area (Å²) in [4.78, 5) is 0. The lowest BCUT2D eigenvalue weighted by Crippen LogP contribution is -2.44. The van der Waals surface area contributed by atoms with Gasteiger partial charge in [-0.3, -0.25) is 0 Å². The van der Waals surface area contributed by atoms with E-state index in [1.54, 1.807) is 5.57 Å². The maximum Gasteiger partial charge on any atom is 0.171 e. The van der Waals surface area contributed by atoms with Crippen LogP contribution < -0.4 is 0 Å². The second kappa shape index (κ2) is 5.58. The van der Waals surface area contributed by atoms with Crippen LogP contribution in [0.15, 0.2) is 11.1 Å². The second-order valence-corrected chi connectivity index (χ2v) is 10.3. The fourth-order valence-corrected chi connectivity index (χ4v) is 7.39. The third-order valence-electron chi connectivity index (χ3n) is 8.29. The number of hydrogen-bond acceptors (Lipinski definition) is 2. The van der Waals surface area contributed by atoms with Gasteiger partial charge in [0.25, 0.3) is 0 Å². The van der Waals surface area contributed by atoms with E-state index >= 15 is 0 Å². The summed E-state index contributed by atoms with van der Waals surface area (Å²) in [5, 5.41) is 0. The van der Waals surface area contributed by atoms with Gasteiger partial charge in [-0.2, -0.15) is 0 Å².